The van der Waals surface area contributed by atoms with Crippen LogP contribution in [0.25, 0.3) is 0 Å². The fourth-order valence-electron chi connectivity index (χ4n) is 4.06. The standard InChI is InChI=1S/C18H24N6O2/c1-22-8-9-24-16(11-22)19-20-17(24)13-4-6-23(7-5-13)18(25)14-10-15(26-21-14)12-2-3-12/h10,12-13H,2-9,11H2,1H3. The van der Waals surface area contributed by atoms with E-state index in [0.717, 1.165) is 75.8 Å². The molecule has 1 saturated carbocycles. The van der Waals surface area contributed by atoms with Crippen LogP contribution >= 0.6 is 0 Å². The van der Waals surface area contributed by atoms with Crippen molar-refractivity contribution in [2.45, 2.75) is 50.6 Å². The van der Waals surface area contributed by atoms with Crippen molar-refractivity contribution < 1.29 is 9.32 Å². The van der Waals surface area contributed by atoms with E-state index >= 15 is 0 Å². The van der Waals surface area contributed by atoms with Gasteiger partial charge in [-0.25, -0.2) is 0 Å². The summed E-state index contributed by atoms with van der Waals surface area (Å²) in [5.41, 5.74) is 0.452. The van der Waals surface area contributed by atoms with E-state index < -0.39 is 0 Å². The van der Waals surface area contributed by atoms with Crippen LogP contribution in [0.3, 0.4) is 0 Å². The maximum atomic E-state index is 12.7. The van der Waals surface area contributed by atoms with Gasteiger partial charge in [0.15, 0.2) is 5.69 Å². The summed E-state index contributed by atoms with van der Waals surface area (Å²) in [6, 6.07) is 1.83. The molecule has 1 saturated heterocycles. The van der Waals surface area contributed by atoms with E-state index in [0.29, 0.717) is 17.5 Å². The number of amides is 1. The SMILES string of the molecule is CN1CCn2c(nnc2C2CCN(C(=O)c3cc(C4CC4)on3)CC2)C1. The lowest BCUT2D eigenvalue weighted by molar-refractivity contribution is 0.0699. The molecule has 2 fully saturated rings. The Bertz CT molecular complexity index is 816. The largest absolute Gasteiger partial charge is 0.360 e. The Kier molecular flexibility index (Phi) is 3.81. The van der Waals surface area contributed by atoms with Crippen LogP contribution in [0, 0.1) is 0 Å². The van der Waals surface area contributed by atoms with E-state index in [1.165, 1.54) is 0 Å². The molecular weight excluding hydrogens is 332 g/mol. The fraction of sp³-hybridized carbons (Fsp3) is 0.667. The third kappa shape index (κ3) is 2.82. The molecule has 2 aromatic heterocycles. The Balaban J connectivity index is 1.24. The molecule has 0 N–H and O–H groups in total. The molecule has 8 nitrogen and oxygen atoms in total. The van der Waals surface area contributed by atoms with Crippen LogP contribution in [0.4, 0.5) is 0 Å². The third-order valence-corrected chi connectivity index (χ3v) is 5.85. The van der Waals surface area contributed by atoms with Crippen LogP contribution in [0.2, 0.25) is 0 Å². The van der Waals surface area contributed by atoms with Gasteiger partial charge in [0.1, 0.15) is 17.4 Å². The second-order valence-corrected chi connectivity index (χ2v) is 7.82. The average Bonchev–Trinajstić information content (AvgIpc) is 3.25. The molecule has 0 unspecified atom stereocenters. The summed E-state index contributed by atoms with van der Waals surface area (Å²) < 4.78 is 7.61. The van der Waals surface area contributed by atoms with Crippen LogP contribution in [-0.4, -0.2) is 62.3 Å². The van der Waals surface area contributed by atoms with E-state index in [2.05, 4.69) is 31.9 Å². The zero-order valence-electron chi connectivity index (χ0n) is 15.1. The first-order valence-corrected chi connectivity index (χ1v) is 9.55. The Morgan fingerprint density at radius 3 is 2.65 bits per heavy atom. The highest BCUT2D eigenvalue weighted by molar-refractivity contribution is 5.92. The van der Waals surface area contributed by atoms with Crippen molar-refractivity contribution in [1.82, 2.24) is 29.7 Å². The van der Waals surface area contributed by atoms with Crippen molar-refractivity contribution in [2.24, 2.45) is 0 Å². The Labute approximate surface area is 152 Å². The highest BCUT2D eigenvalue weighted by Crippen LogP contribution is 2.40. The summed E-state index contributed by atoms with van der Waals surface area (Å²) in [6.45, 7) is 4.31. The third-order valence-electron chi connectivity index (χ3n) is 5.85. The van der Waals surface area contributed by atoms with Crippen molar-refractivity contribution in [2.75, 3.05) is 26.7 Å². The lowest BCUT2D eigenvalue weighted by Crippen LogP contribution is -2.39. The fourth-order valence-corrected chi connectivity index (χ4v) is 4.06. The molecule has 4 heterocycles. The molecule has 1 aliphatic carbocycles. The summed E-state index contributed by atoms with van der Waals surface area (Å²) >= 11 is 0. The van der Waals surface area contributed by atoms with Gasteiger partial charge < -0.3 is 14.0 Å². The van der Waals surface area contributed by atoms with Gasteiger partial charge in [0.2, 0.25) is 0 Å². The van der Waals surface area contributed by atoms with Crippen LogP contribution in [0.15, 0.2) is 10.6 Å². The number of hydrogen-bond donors (Lipinski definition) is 0. The van der Waals surface area contributed by atoms with E-state index in [1.807, 2.05) is 11.0 Å². The molecule has 138 valence electrons. The first kappa shape index (κ1) is 16.0. The Morgan fingerprint density at radius 2 is 1.88 bits per heavy atom. The number of fused-ring (bicyclic) bond motifs is 1. The minimum atomic E-state index is -0.0102. The molecule has 0 spiro atoms. The first-order chi connectivity index (χ1) is 12.7. The minimum Gasteiger partial charge on any atom is -0.360 e. The van der Waals surface area contributed by atoms with E-state index in [9.17, 15) is 4.79 Å². The van der Waals surface area contributed by atoms with Crippen molar-refractivity contribution in [3.8, 4) is 0 Å². The summed E-state index contributed by atoms with van der Waals surface area (Å²) in [5.74, 6) is 3.86. The highest BCUT2D eigenvalue weighted by atomic mass is 16.5. The van der Waals surface area contributed by atoms with E-state index in [-0.39, 0.29) is 5.91 Å². The number of aromatic nitrogens is 4. The van der Waals surface area contributed by atoms with Crippen LogP contribution in [0.5, 0.6) is 0 Å². The number of likely N-dealkylation sites (tertiary alicyclic amines) is 1. The smallest absolute Gasteiger partial charge is 0.276 e. The zero-order chi connectivity index (χ0) is 17.7. The quantitative estimate of drug-likeness (QED) is 0.831. The average molecular weight is 356 g/mol. The molecule has 0 bridgehead atoms. The number of piperidine rings is 1. The summed E-state index contributed by atoms with van der Waals surface area (Å²) in [5, 5.41) is 12.8. The van der Waals surface area contributed by atoms with Gasteiger partial charge in [-0.2, -0.15) is 0 Å². The van der Waals surface area contributed by atoms with Crippen molar-refractivity contribution in [1.29, 1.82) is 0 Å². The molecule has 2 aliphatic heterocycles. The number of carbonyl (C=O) groups is 1. The molecule has 0 aromatic carbocycles. The number of carbonyl (C=O) groups excluding carboxylic acids is 1. The number of rotatable bonds is 3. The number of likely N-dealkylation sites (N-methyl/N-ethyl adjacent to an activating group) is 1. The summed E-state index contributed by atoms with van der Waals surface area (Å²) in [4.78, 5) is 16.8. The highest BCUT2D eigenvalue weighted by Gasteiger charge is 2.32. The maximum absolute atomic E-state index is 12.7. The van der Waals surface area contributed by atoms with Gasteiger partial charge in [-0.1, -0.05) is 5.16 Å². The van der Waals surface area contributed by atoms with E-state index in [4.69, 9.17) is 4.52 Å². The lowest BCUT2D eigenvalue weighted by Gasteiger charge is -2.32. The predicted octanol–water partition coefficient (Wildman–Crippen LogP) is 1.61. The lowest BCUT2D eigenvalue weighted by atomic mass is 9.95. The zero-order valence-corrected chi connectivity index (χ0v) is 15.1. The van der Waals surface area contributed by atoms with Crippen LogP contribution in [0.1, 0.15) is 65.4 Å². The molecule has 26 heavy (non-hydrogen) atoms. The minimum absolute atomic E-state index is 0.0102. The number of nitrogens with zero attached hydrogens (tertiary/aromatic N) is 6. The summed E-state index contributed by atoms with van der Waals surface area (Å²) in [6.07, 6.45) is 4.14. The topological polar surface area (TPSA) is 80.3 Å². The van der Waals surface area contributed by atoms with Gasteiger partial charge in [0, 0.05) is 44.1 Å². The normalized spacial score (nSPS) is 21.8. The molecular formula is C18H24N6O2. The van der Waals surface area contributed by atoms with Gasteiger partial charge in [-0.05, 0) is 32.7 Å². The van der Waals surface area contributed by atoms with E-state index in [1.54, 1.807) is 0 Å². The monoisotopic (exact) mass is 356 g/mol. The Hall–Kier alpha value is -2.22. The van der Waals surface area contributed by atoms with Crippen molar-refractivity contribution in [3.05, 3.63) is 29.2 Å². The van der Waals surface area contributed by atoms with Gasteiger partial charge in [-0.15, -0.1) is 10.2 Å². The van der Waals surface area contributed by atoms with Crippen molar-refractivity contribution >= 4 is 5.91 Å². The van der Waals surface area contributed by atoms with Gasteiger partial charge in [0.25, 0.3) is 5.91 Å². The van der Waals surface area contributed by atoms with Gasteiger partial charge in [-0.3, -0.25) is 9.69 Å². The molecule has 1 amide bonds. The summed E-state index contributed by atoms with van der Waals surface area (Å²) in [7, 11) is 2.11. The van der Waals surface area contributed by atoms with Crippen LogP contribution < -0.4 is 0 Å². The van der Waals surface area contributed by atoms with Crippen molar-refractivity contribution in [3.63, 3.8) is 0 Å². The molecule has 0 atom stereocenters. The first-order valence-electron chi connectivity index (χ1n) is 9.55. The van der Waals surface area contributed by atoms with Gasteiger partial charge >= 0.3 is 0 Å². The second kappa shape index (κ2) is 6.19. The Morgan fingerprint density at radius 1 is 1.08 bits per heavy atom. The second-order valence-electron chi connectivity index (χ2n) is 7.82. The van der Waals surface area contributed by atoms with Crippen LogP contribution in [-0.2, 0) is 13.1 Å². The molecule has 5 rings (SSSR count). The molecule has 2 aromatic rings. The predicted molar refractivity (Wildman–Crippen MR) is 92.7 cm³/mol. The maximum Gasteiger partial charge on any atom is 0.276 e. The molecule has 3 aliphatic rings. The molecule has 8 heteroatoms. The molecule has 0 radical (unpaired) electrons. The number of hydrogen-bond acceptors (Lipinski definition) is 6. The van der Waals surface area contributed by atoms with Gasteiger partial charge in [0.05, 0.1) is 6.54 Å².